The Morgan fingerprint density at radius 1 is 1.22 bits per heavy atom. The molecule has 0 aromatic heterocycles. The normalized spacial score (nSPS) is 33.0. The van der Waals surface area contributed by atoms with Gasteiger partial charge in [-0.05, 0) is 44.3 Å². The van der Waals surface area contributed by atoms with Crippen molar-refractivity contribution in [3.05, 3.63) is 0 Å². The number of isothiocyanates is 1. The standard InChI is InChI=1S/C11H18N2O3S2/c14-18(15,11-5-6-16-7-11)13-10-3-1-9(2-4-10)12-8-17/h9-11,13H,1-7H2/t9-,10-,11?. The molecule has 1 aliphatic heterocycles. The molecule has 1 aliphatic carbocycles. The second-order valence-electron chi connectivity index (χ2n) is 4.87. The number of sulfonamides is 1. The average molecular weight is 290 g/mol. The van der Waals surface area contributed by atoms with E-state index < -0.39 is 10.0 Å². The Kier molecular flexibility index (Phi) is 4.86. The van der Waals surface area contributed by atoms with Gasteiger partial charge in [0.15, 0.2) is 0 Å². The number of nitrogens with one attached hydrogen (secondary N) is 1. The molecule has 1 N–H and O–H groups in total. The molecule has 0 radical (unpaired) electrons. The third-order valence-electron chi connectivity index (χ3n) is 3.59. The second kappa shape index (κ2) is 6.21. The van der Waals surface area contributed by atoms with E-state index in [2.05, 4.69) is 27.1 Å². The van der Waals surface area contributed by atoms with Crippen LogP contribution in [0.25, 0.3) is 0 Å². The number of aliphatic imine (C=N–C) groups is 1. The van der Waals surface area contributed by atoms with Crippen LogP contribution in [0.3, 0.4) is 0 Å². The highest BCUT2D eigenvalue weighted by atomic mass is 32.2. The first-order chi connectivity index (χ1) is 8.62. The number of hydrogen-bond acceptors (Lipinski definition) is 5. The van der Waals surface area contributed by atoms with Gasteiger partial charge in [-0.2, -0.15) is 0 Å². The SMILES string of the molecule is O=S(=O)(N[C@H]1CC[C@H](N=C=S)CC1)C1CCOC1. The molecule has 2 fully saturated rings. The summed E-state index contributed by atoms with van der Waals surface area (Å²) in [4.78, 5) is 4.06. The van der Waals surface area contributed by atoms with Crippen molar-refractivity contribution < 1.29 is 13.2 Å². The molecule has 5 nitrogen and oxygen atoms in total. The Morgan fingerprint density at radius 3 is 2.50 bits per heavy atom. The fourth-order valence-corrected chi connectivity index (χ4v) is 4.21. The van der Waals surface area contributed by atoms with E-state index in [1.807, 2.05) is 0 Å². The van der Waals surface area contributed by atoms with Gasteiger partial charge < -0.3 is 4.74 Å². The van der Waals surface area contributed by atoms with Crippen LogP contribution in [-0.4, -0.2) is 44.1 Å². The van der Waals surface area contributed by atoms with Crippen LogP contribution in [-0.2, 0) is 14.8 Å². The first kappa shape index (κ1) is 14.1. The van der Waals surface area contributed by atoms with Crippen LogP contribution in [0.5, 0.6) is 0 Å². The van der Waals surface area contributed by atoms with E-state index in [1.165, 1.54) is 0 Å². The molecule has 2 rings (SSSR count). The second-order valence-corrected chi connectivity index (χ2v) is 7.05. The van der Waals surface area contributed by atoms with E-state index >= 15 is 0 Å². The fraction of sp³-hybridized carbons (Fsp3) is 0.909. The van der Waals surface area contributed by atoms with Crippen molar-refractivity contribution in [3.8, 4) is 0 Å². The Hall–Kier alpha value is -0.330. The number of thiocarbonyl (C=S) groups is 1. The lowest BCUT2D eigenvalue weighted by Crippen LogP contribution is -2.43. The lowest BCUT2D eigenvalue weighted by Gasteiger charge is -2.27. The quantitative estimate of drug-likeness (QED) is 0.622. The van der Waals surface area contributed by atoms with E-state index in [0.717, 1.165) is 25.7 Å². The molecule has 1 atom stereocenters. The largest absolute Gasteiger partial charge is 0.380 e. The predicted molar refractivity (Wildman–Crippen MR) is 72.3 cm³/mol. The number of rotatable bonds is 4. The maximum atomic E-state index is 12.1. The zero-order valence-electron chi connectivity index (χ0n) is 10.2. The molecule has 0 spiro atoms. The van der Waals surface area contributed by atoms with Gasteiger partial charge in [0.2, 0.25) is 10.0 Å². The summed E-state index contributed by atoms with van der Waals surface area (Å²) in [6, 6.07) is 0.255. The molecule has 1 saturated heterocycles. The first-order valence-electron chi connectivity index (χ1n) is 6.27. The van der Waals surface area contributed by atoms with Crippen molar-refractivity contribution in [2.45, 2.75) is 49.4 Å². The molecular weight excluding hydrogens is 272 g/mol. The summed E-state index contributed by atoms with van der Waals surface area (Å²) in [6.07, 6.45) is 3.98. The molecule has 1 unspecified atom stereocenters. The average Bonchev–Trinajstić information content (AvgIpc) is 2.86. The molecule has 0 amide bonds. The van der Waals surface area contributed by atoms with Crippen molar-refractivity contribution in [2.24, 2.45) is 4.99 Å². The van der Waals surface area contributed by atoms with Crippen LogP contribution in [0.1, 0.15) is 32.1 Å². The van der Waals surface area contributed by atoms with Crippen LogP contribution in [0, 0.1) is 0 Å². The van der Waals surface area contributed by atoms with Crippen LogP contribution in [0.4, 0.5) is 0 Å². The van der Waals surface area contributed by atoms with Crippen LogP contribution in [0.2, 0.25) is 0 Å². The minimum Gasteiger partial charge on any atom is -0.380 e. The fourth-order valence-electron chi connectivity index (χ4n) is 2.48. The van der Waals surface area contributed by atoms with Crippen LogP contribution >= 0.6 is 12.2 Å². The van der Waals surface area contributed by atoms with Crippen molar-refractivity contribution in [2.75, 3.05) is 13.2 Å². The lowest BCUT2D eigenvalue weighted by molar-refractivity contribution is 0.198. The monoisotopic (exact) mass is 290 g/mol. The van der Waals surface area contributed by atoms with Gasteiger partial charge in [0.05, 0.1) is 17.8 Å². The maximum Gasteiger partial charge on any atom is 0.217 e. The summed E-state index contributed by atoms with van der Waals surface area (Å²) in [6.45, 7) is 0.863. The molecule has 2 aliphatic rings. The summed E-state index contributed by atoms with van der Waals surface area (Å²) < 4.78 is 32.1. The van der Waals surface area contributed by atoms with Gasteiger partial charge in [0.1, 0.15) is 5.25 Å². The summed E-state index contributed by atoms with van der Waals surface area (Å²) in [5, 5.41) is 2.02. The van der Waals surface area contributed by atoms with E-state index in [1.54, 1.807) is 0 Å². The Morgan fingerprint density at radius 2 is 1.94 bits per heavy atom. The predicted octanol–water partition coefficient (Wildman–Crippen LogP) is 1.11. The summed E-state index contributed by atoms with van der Waals surface area (Å²) in [7, 11) is -3.23. The van der Waals surface area contributed by atoms with Gasteiger partial charge in [-0.25, -0.2) is 18.1 Å². The lowest BCUT2D eigenvalue weighted by atomic mass is 9.92. The van der Waals surface area contributed by atoms with Crippen LogP contribution in [0.15, 0.2) is 4.99 Å². The number of nitrogens with zero attached hydrogens (tertiary/aromatic N) is 1. The van der Waals surface area contributed by atoms with E-state index in [0.29, 0.717) is 19.6 Å². The zero-order valence-corrected chi connectivity index (χ0v) is 11.8. The van der Waals surface area contributed by atoms with Gasteiger partial charge in [-0.3, -0.25) is 0 Å². The van der Waals surface area contributed by atoms with E-state index in [4.69, 9.17) is 4.74 Å². The van der Waals surface area contributed by atoms with Gasteiger partial charge in [0, 0.05) is 12.6 Å². The topological polar surface area (TPSA) is 67.8 Å². The molecule has 1 heterocycles. The molecule has 0 aromatic rings. The number of hydrogen-bond donors (Lipinski definition) is 1. The summed E-state index contributed by atoms with van der Waals surface area (Å²) >= 11 is 4.58. The molecule has 0 aromatic carbocycles. The van der Waals surface area contributed by atoms with Crippen LogP contribution < -0.4 is 4.72 Å². The molecule has 7 heteroatoms. The van der Waals surface area contributed by atoms with Crippen molar-refractivity contribution in [1.82, 2.24) is 4.72 Å². The van der Waals surface area contributed by atoms with E-state index in [9.17, 15) is 8.42 Å². The Labute approximate surface area is 113 Å². The van der Waals surface area contributed by atoms with Crippen molar-refractivity contribution in [1.29, 1.82) is 0 Å². The number of ether oxygens (including phenoxy) is 1. The summed E-state index contributed by atoms with van der Waals surface area (Å²) in [5.41, 5.74) is 0. The first-order valence-corrected chi connectivity index (χ1v) is 8.23. The highest BCUT2D eigenvalue weighted by molar-refractivity contribution is 7.90. The minimum atomic E-state index is -3.23. The molecular formula is C11H18N2O3S2. The van der Waals surface area contributed by atoms with Gasteiger partial charge in [0.25, 0.3) is 0 Å². The maximum absolute atomic E-state index is 12.1. The van der Waals surface area contributed by atoms with Crippen molar-refractivity contribution in [3.63, 3.8) is 0 Å². The molecule has 18 heavy (non-hydrogen) atoms. The van der Waals surface area contributed by atoms with Gasteiger partial charge in [-0.15, -0.1) is 0 Å². The highest BCUT2D eigenvalue weighted by Gasteiger charge is 2.32. The van der Waals surface area contributed by atoms with Gasteiger partial charge >= 0.3 is 0 Å². The summed E-state index contributed by atoms with van der Waals surface area (Å²) in [5.74, 6) is 0. The Bertz CT molecular complexity index is 418. The van der Waals surface area contributed by atoms with Gasteiger partial charge in [-0.1, -0.05) is 0 Å². The highest BCUT2D eigenvalue weighted by Crippen LogP contribution is 2.23. The molecule has 1 saturated carbocycles. The zero-order chi connectivity index (χ0) is 13.0. The minimum absolute atomic E-state index is 0.0344. The third-order valence-corrected chi connectivity index (χ3v) is 5.61. The van der Waals surface area contributed by atoms with E-state index in [-0.39, 0.29) is 17.3 Å². The smallest absolute Gasteiger partial charge is 0.217 e. The Balaban J connectivity index is 1.85. The van der Waals surface area contributed by atoms with Crippen molar-refractivity contribution >= 4 is 27.4 Å². The molecule has 0 bridgehead atoms. The third kappa shape index (κ3) is 3.59. The molecule has 102 valence electrons.